The molecule has 0 amide bonds. The second-order valence-corrected chi connectivity index (χ2v) is 4.41. The molecule has 0 saturated heterocycles. The molecule has 0 saturated carbocycles. The van der Waals surface area contributed by atoms with Crippen LogP contribution in [0, 0.1) is 13.8 Å². The number of fused-ring (bicyclic) bond motifs is 1. The lowest BCUT2D eigenvalue weighted by molar-refractivity contribution is 0.380. The lowest BCUT2D eigenvalue weighted by Crippen LogP contribution is -2.17. The molecule has 0 N–H and O–H groups in total. The van der Waals surface area contributed by atoms with Gasteiger partial charge in [-0.3, -0.25) is 0 Å². The van der Waals surface area contributed by atoms with E-state index in [9.17, 15) is 0 Å². The van der Waals surface area contributed by atoms with Gasteiger partial charge in [0.15, 0.2) is 0 Å². The fourth-order valence-electron chi connectivity index (χ4n) is 2.25. The summed E-state index contributed by atoms with van der Waals surface area (Å²) in [6.45, 7) is 4.09. The number of benzene rings is 1. The zero-order valence-corrected chi connectivity index (χ0v) is 10.2. The lowest BCUT2D eigenvalue weighted by Gasteiger charge is -2.31. The first-order valence-electron chi connectivity index (χ1n) is 4.99. The van der Waals surface area contributed by atoms with Gasteiger partial charge in [0.1, 0.15) is 11.5 Å². The summed E-state index contributed by atoms with van der Waals surface area (Å²) in [6.07, 6.45) is 0.873. The van der Waals surface area contributed by atoms with Gasteiger partial charge in [0, 0.05) is 11.1 Å². The van der Waals surface area contributed by atoms with Gasteiger partial charge < -0.3 is 9.47 Å². The van der Waals surface area contributed by atoms with Crippen LogP contribution in [0.25, 0.3) is 0 Å². The van der Waals surface area contributed by atoms with Crippen LogP contribution in [0.5, 0.6) is 11.5 Å². The average molecular weight is 227 g/mol. The van der Waals surface area contributed by atoms with Crippen molar-refractivity contribution in [3.63, 3.8) is 0 Å². The van der Waals surface area contributed by atoms with E-state index >= 15 is 0 Å². The molecular formula is C12H15ClO2. The van der Waals surface area contributed by atoms with Crippen LogP contribution in [0.4, 0.5) is 0 Å². The third-order valence-corrected chi connectivity index (χ3v) is 3.56. The Hall–Kier alpha value is -0.890. The third kappa shape index (κ3) is 1.31. The van der Waals surface area contributed by atoms with Gasteiger partial charge in [0.2, 0.25) is 0 Å². The van der Waals surface area contributed by atoms with Gasteiger partial charge in [-0.15, -0.1) is 11.6 Å². The largest absolute Gasteiger partial charge is 0.496 e. The van der Waals surface area contributed by atoms with E-state index in [2.05, 4.69) is 6.92 Å². The number of methoxy groups -OCH3 is 2. The van der Waals surface area contributed by atoms with Crippen LogP contribution in [0.3, 0.4) is 0 Å². The highest BCUT2D eigenvalue weighted by atomic mass is 35.5. The van der Waals surface area contributed by atoms with Gasteiger partial charge in [0.25, 0.3) is 0 Å². The molecule has 0 aliphatic heterocycles. The van der Waals surface area contributed by atoms with Crippen LogP contribution in [0.1, 0.15) is 27.6 Å². The third-order valence-electron chi connectivity index (χ3n) is 3.19. The number of alkyl halides is 1. The lowest BCUT2D eigenvalue weighted by atomic mass is 9.82. The van der Waals surface area contributed by atoms with Crippen molar-refractivity contribution >= 4 is 11.6 Å². The highest BCUT2D eigenvalue weighted by Crippen LogP contribution is 2.51. The van der Waals surface area contributed by atoms with E-state index in [4.69, 9.17) is 21.1 Å². The van der Waals surface area contributed by atoms with Gasteiger partial charge in [-0.05, 0) is 31.4 Å². The van der Waals surface area contributed by atoms with Crippen molar-refractivity contribution in [1.82, 2.24) is 0 Å². The van der Waals surface area contributed by atoms with Gasteiger partial charge >= 0.3 is 0 Å². The fraction of sp³-hybridized carbons (Fsp3) is 0.500. The van der Waals surface area contributed by atoms with Crippen LogP contribution in [0.15, 0.2) is 0 Å². The molecule has 0 aromatic heterocycles. The molecule has 0 bridgehead atoms. The number of ether oxygens (including phenoxy) is 2. The Labute approximate surface area is 95.1 Å². The van der Waals surface area contributed by atoms with E-state index in [1.807, 2.05) is 6.92 Å². The van der Waals surface area contributed by atoms with Crippen LogP contribution in [-0.4, -0.2) is 14.2 Å². The van der Waals surface area contributed by atoms with Crippen molar-refractivity contribution in [2.75, 3.05) is 14.2 Å². The molecule has 0 heterocycles. The Kier molecular flexibility index (Phi) is 2.55. The molecule has 2 nitrogen and oxygen atoms in total. The number of rotatable bonds is 2. The first kappa shape index (κ1) is 10.6. The summed E-state index contributed by atoms with van der Waals surface area (Å²) >= 11 is 6.18. The second kappa shape index (κ2) is 3.60. The Morgan fingerprint density at radius 3 is 2.07 bits per heavy atom. The van der Waals surface area contributed by atoms with E-state index in [1.54, 1.807) is 14.2 Å². The summed E-state index contributed by atoms with van der Waals surface area (Å²) in [5.41, 5.74) is 4.59. The van der Waals surface area contributed by atoms with E-state index in [1.165, 1.54) is 5.56 Å². The monoisotopic (exact) mass is 226 g/mol. The van der Waals surface area contributed by atoms with E-state index in [0.717, 1.165) is 34.6 Å². The molecule has 1 aliphatic carbocycles. The second-order valence-electron chi connectivity index (χ2n) is 3.88. The normalized spacial score (nSPS) is 18.1. The van der Waals surface area contributed by atoms with E-state index in [0.29, 0.717) is 0 Å². The molecule has 2 rings (SSSR count). The minimum Gasteiger partial charge on any atom is -0.496 e. The topological polar surface area (TPSA) is 18.5 Å². The smallest absolute Gasteiger partial charge is 0.127 e. The maximum atomic E-state index is 6.18. The van der Waals surface area contributed by atoms with Crippen molar-refractivity contribution in [1.29, 1.82) is 0 Å². The summed E-state index contributed by atoms with van der Waals surface area (Å²) in [6, 6.07) is 0. The number of hydrogen-bond acceptors (Lipinski definition) is 2. The van der Waals surface area contributed by atoms with E-state index < -0.39 is 0 Å². The molecule has 0 radical (unpaired) electrons. The SMILES string of the molecule is COc1c(C)c(C)c(OC)c2c1C[C@H]2Cl. The molecule has 3 heteroatoms. The summed E-state index contributed by atoms with van der Waals surface area (Å²) in [4.78, 5) is 0. The quantitative estimate of drug-likeness (QED) is 0.722. The van der Waals surface area contributed by atoms with Gasteiger partial charge in [-0.1, -0.05) is 0 Å². The highest BCUT2D eigenvalue weighted by Gasteiger charge is 2.34. The standard InChI is InChI=1S/C12H15ClO2/c1-6-7(2)12(15-4)10-8(5-9(10)13)11(6)14-3/h9H,5H2,1-4H3/t9-/m1/s1. The molecule has 15 heavy (non-hydrogen) atoms. The predicted octanol–water partition coefficient (Wildman–Crippen LogP) is 3.16. The van der Waals surface area contributed by atoms with Gasteiger partial charge in [-0.2, -0.15) is 0 Å². The Balaban J connectivity index is 2.70. The molecule has 1 aromatic rings. The summed E-state index contributed by atoms with van der Waals surface area (Å²) in [5, 5.41) is 0.0724. The van der Waals surface area contributed by atoms with Crippen molar-refractivity contribution < 1.29 is 9.47 Å². The first-order chi connectivity index (χ1) is 7.11. The predicted molar refractivity (Wildman–Crippen MR) is 61.3 cm³/mol. The Morgan fingerprint density at radius 1 is 1.07 bits per heavy atom. The van der Waals surface area contributed by atoms with Crippen molar-refractivity contribution in [3.05, 3.63) is 22.3 Å². The van der Waals surface area contributed by atoms with Crippen molar-refractivity contribution in [2.24, 2.45) is 0 Å². The molecular weight excluding hydrogens is 212 g/mol. The Bertz CT molecular complexity index is 413. The summed E-state index contributed by atoms with van der Waals surface area (Å²) in [5.74, 6) is 1.90. The molecule has 1 aromatic carbocycles. The fourth-order valence-corrected chi connectivity index (χ4v) is 2.64. The molecule has 82 valence electrons. The first-order valence-corrected chi connectivity index (χ1v) is 5.43. The summed E-state index contributed by atoms with van der Waals surface area (Å²) < 4.78 is 10.8. The number of halogens is 1. The van der Waals surface area contributed by atoms with Crippen LogP contribution >= 0.6 is 11.6 Å². The minimum atomic E-state index is 0.0724. The molecule has 1 aliphatic rings. The maximum absolute atomic E-state index is 6.18. The van der Waals surface area contributed by atoms with Crippen LogP contribution in [0.2, 0.25) is 0 Å². The molecule has 0 fully saturated rings. The van der Waals surface area contributed by atoms with E-state index in [-0.39, 0.29) is 5.38 Å². The van der Waals surface area contributed by atoms with Crippen LogP contribution < -0.4 is 9.47 Å². The highest BCUT2D eigenvalue weighted by molar-refractivity contribution is 6.22. The van der Waals surface area contributed by atoms with Gasteiger partial charge in [-0.25, -0.2) is 0 Å². The number of hydrogen-bond donors (Lipinski definition) is 0. The van der Waals surface area contributed by atoms with Crippen molar-refractivity contribution in [3.8, 4) is 11.5 Å². The zero-order valence-electron chi connectivity index (χ0n) is 9.48. The molecule has 0 spiro atoms. The minimum absolute atomic E-state index is 0.0724. The van der Waals surface area contributed by atoms with Gasteiger partial charge in [0.05, 0.1) is 19.6 Å². The van der Waals surface area contributed by atoms with Crippen LogP contribution in [-0.2, 0) is 6.42 Å². The molecule has 1 atom stereocenters. The zero-order chi connectivity index (χ0) is 11.2. The maximum Gasteiger partial charge on any atom is 0.127 e. The summed E-state index contributed by atoms with van der Waals surface area (Å²) in [7, 11) is 3.40. The molecule has 0 unspecified atom stereocenters. The average Bonchev–Trinajstić information content (AvgIpc) is 2.22. The van der Waals surface area contributed by atoms with Crippen molar-refractivity contribution in [2.45, 2.75) is 25.6 Å². The Morgan fingerprint density at radius 2 is 1.60 bits per heavy atom.